The molecule has 1 aliphatic rings. The third-order valence-electron chi connectivity index (χ3n) is 4.62. The predicted molar refractivity (Wildman–Crippen MR) is 130 cm³/mol. The molecule has 0 unspecified atom stereocenters. The monoisotopic (exact) mass is 496 g/mol. The summed E-state index contributed by atoms with van der Waals surface area (Å²) >= 11 is 13.2. The van der Waals surface area contributed by atoms with E-state index in [-0.39, 0.29) is 15.6 Å². The van der Waals surface area contributed by atoms with Gasteiger partial charge in [0.1, 0.15) is 0 Å². The van der Waals surface area contributed by atoms with Crippen LogP contribution in [0.2, 0.25) is 10.0 Å². The first-order chi connectivity index (χ1) is 15.8. The van der Waals surface area contributed by atoms with Gasteiger partial charge in [0, 0.05) is 15.6 Å². The number of aliphatic imine (C=N–C) groups is 1. The van der Waals surface area contributed by atoms with Crippen LogP contribution in [0.4, 0.5) is 5.69 Å². The quantitative estimate of drug-likeness (QED) is 0.346. The van der Waals surface area contributed by atoms with Crippen molar-refractivity contribution >= 4 is 69.7 Å². The molecule has 1 aliphatic heterocycles. The van der Waals surface area contributed by atoms with Crippen molar-refractivity contribution in [1.29, 1.82) is 0 Å². The number of benzene rings is 3. The average molecular weight is 497 g/mol. The fourth-order valence-corrected chi connectivity index (χ4v) is 4.42. The van der Waals surface area contributed by atoms with E-state index in [1.807, 2.05) is 0 Å². The van der Waals surface area contributed by atoms with E-state index in [9.17, 15) is 14.4 Å². The van der Waals surface area contributed by atoms with Crippen LogP contribution >= 0.6 is 35.0 Å². The van der Waals surface area contributed by atoms with Gasteiger partial charge in [0.2, 0.25) is 0 Å². The number of thioether (sulfide) groups is 1. The zero-order valence-corrected chi connectivity index (χ0v) is 19.1. The van der Waals surface area contributed by atoms with Crippen molar-refractivity contribution in [2.75, 3.05) is 0 Å². The van der Waals surface area contributed by atoms with Gasteiger partial charge in [0.15, 0.2) is 5.17 Å². The zero-order chi connectivity index (χ0) is 23.5. The predicted octanol–water partition coefficient (Wildman–Crippen LogP) is 6.14. The molecule has 0 bridgehead atoms. The highest BCUT2D eigenvalue weighted by atomic mass is 35.5. The topological polar surface area (TPSA) is 87.0 Å². The number of hydrogen-bond acceptors (Lipinski definition) is 5. The summed E-state index contributed by atoms with van der Waals surface area (Å²) < 4.78 is 0. The normalized spacial score (nSPS) is 15.9. The molecule has 1 heterocycles. The molecule has 0 atom stereocenters. The highest BCUT2D eigenvalue weighted by molar-refractivity contribution is 8.18. The number of carboxylic acids is 1. The summed E-state index contributed by atoms with van der Waals surface area (Å²) in [5.74, 6) is -2.13. The summed E-state index contributed by atoms with van der Waals surface area (Å²) in [5.41, 5.74) is 1.39. The number of nitrogens with zero attached hydrogens (tertiary/aromatic N) is 2. The molecule has 4 rings (SSSR count). The third-order valence-corrected chi connectivity index (χ3v) is 6.15. The van der Waals surface area contributed by atoms with Crippen LogP contribution in [-0.4, -0.2) is 33.0 Å². The SMILES string of the molecule is O=C(O)c1ccc(N=C2S/C(=C/c3ccc(Cl)cc3Cl)C(=O)N2C(=O)c2ccccc2)cc1. The molecule has 1 saturated heterocycles. The average Bonchev–Trinajstić information content (AvgIpc) is 3.10. The highest BCUT2D eigenvalue weighted by Gasteiger charge is 2.38. The van der Waals surface area contributed by atoms with E-state index in [0.29, 0.717) is 26.9 Å². The Morgan fingerprint density at radius 1 is 0.939 bits per heavy atom. The molecule has 0 radical (unpaired) electrons. The van der Waals surface area contributed by atoms with E-state index in [1.54, 1.807) is 54.6 Å². The Bertz CT molecular complexity index is 1320. The maximum Gasteiger partial charge on any atom is 0.335 e. The molecule has 0 spiro atoms. The standard InChI is InChI=1S/C24H14Cl2N2O4S/c25-17-9-6-16(19(26)13-17)12-20-22(30)28(21(29)14-4-2-1-3-5-14)24(33-20)27-18-10-7-15(8-11-18)23(31)32/h1-13H,(H,31,32)/b20-12+,27-24?. The fraction of sp³-hybridized carbons (Fsp3) is 0. The van der Waals surface area contributed by atoms with Crippen LogP contribution in [0.25, 0.3) is 6.08 Å². The maximum atomic E-state index is 13.2. The Balaban J connectivity index is 1.76. The lowest BCUT2D eigenvalue weighted by Gasteiger charge is -2.13. The van der Waals surface area contributed by atoms with Gasteiger partial charge in [0.05, 0.1) is 16.2 Å². The summed E-state index contributed by atoms with van der Waals surface area (Å²) in [4.78, 5) is 43.2. The Labute approximate surface area is 203 Å². The number of imide groups is 1. The second kappa shape index (κ2) is 9.62. The number of aromatic carboxylic acids is 1. The number of carbonyl (C=O) groups is 3. The summed E-state index contributed by atoms with van der Waals surface area (Å²) in [6, 6.07) is 19.1. The first-order valence-electron chi connectivity index (χ1n) is 9.54. The van der Waals surface area contributed by atoms with Crippen LogP contribution in [0.3, 0.4) is 0 Å². The molecule has 6 nitrogen and oxygen atoms in total. The number of carboxylic acid groups (broad SMARTS) is 1. The first-order valence-corrected chi connectivity index (χ1v) is 11.1. The van der Waals surface area contributed by atoms with Gasteiger partial charge < -0.3 is 5.11 Å². The number of hydrogen-bond donors (Lipinski definition) is 1. The number of amides is 2. The van der Waals surface area contributed by atoms with E-state index in [4.69, 9.17) is 28.3 Å². The molecule has 164 valence electrons. The van der Waals surface area contributed by atoms with E-state index in [1.165, 1.54) is 24.3 Å². The van der Waals surface area contributed by atoms with Gasteiger partial charge in [-0.1, -0.05) is 47.5 Å². The van der Waals surface area contributed by atoms with Crippen molar-refractivity contribution in [3.05, 3.63) is 104 Å². The zero-order valence-electron chi connectivity index (χ0n) is 16.7. The van der Waals surface area contributed by atoms with Crippen molar-refractivity contribution in [3.63, 3.8) is 0 Å². The van der Waals surface area contributed by atoms with Crippen LogP contribution in [0.5, 0.6) is 0 Å². The Kier molecular flexibility index (Phi) is 6.65. The summed E-state index contributed by atoms with van der Waals surface area (Å²) in [6.07, 6.45) is 1.58. The third kappa shape index (κ3) is 5.01. The molecule has 3 aromatic rings. The van der Waals surface area contributed by atoms with Crippen LogP contribution in [0, 0.1) is 0 Å². The fourth-order valence-electron chi connectivity index (χ4n) is 2.99. The Hall–Kier alpha value is -3.39. The van der Waals surface area contributed by atoms with Gasteiger partial charge in [-0.05, 0) is 71.9 Å². The van der Waals surface area contributed by atoms with Crippen molar-refractivity contribution in [2.24, 2.45) is 4.99 Å². The molecule has 0 aromatic heterocycles. The van der Waals surface area contributed by atoms with Crippen molar-refractivity contribution < 1.29 is 19.5 Å². The van der Waals surface area contributed by atoms with Crippen molar-refractivity contribution in [1.82, 2.24) is 4.90 Å². The van der Waals surface area contributed by atoms with E-state index < -0.39 is 17.8 Å². The summed E-state index contributed by atoms with van der Waals surface area (Å²) in [5, 5.41) is 10.1. The summed E-state index contributed by atoms with van der Waals surface area (Å²) in [7, 11) is 0. The van der Waals surface area contributed by atoms with E-state index >= 15 is 0 Å². The minimum Gasteiger partial charge on any atom is -0.478 e. The highest BCUT2D eigenvalue weighted by Crippen LogP contribution is 2.36. The maximum absolute atomic E-state index is 13.2. The van der Waals surface area contributed by atoms with Gasteiger partial charge in [-0.25, -0.2) is 14.7 Å². The minimum atomic E-state index is -1.06. The van der Waals surface area contributed by atoms with Gasteiger partial charge >= 0.3 is 5.97 Å². The van der Waals surface area contributed by atoms with Crippen LogP contribution < -0.4 is 0 Å². The Morgan fingerprint density at radius 3 is 2.27 bits per heavy atom. The van der Waals surface area contributed by atoms with E-state index in [0.717, 1.165) is 16.7 Å². The molecular formula is C24H14Cl2N2O4S. The second-order valence-corrected chi connectivity index (χ2v) is 8.69. The lowest BCUT2D eigenvalue weighted by atomic mass is 10.2. The van der Waals surface area contributed by atoms with Crippen LogP contribution in [0.15, 0.2) is 82.7 Å². The molecule has 1 N–H and O–H groups in total. The number of halogens is 2. The van der Waals surface area contributed by atoms with Crippen LogP contribution in [-0.2, 0) is 4.79 Å². The summed E-state index contributed by atoms with van der Waals surface area (Å²) in [6.45, 7) is 0. The molecular weight excluding hydrogens is 483 g/mol. The first kappa shape index (κ1) is 22.8. The molecule has 2 amide bonds. The van der Waals surface area contributed by atoms with Crippen molar-refractivity contribution in [2.45, 2.75) is 0 Å². The molecule has 33 heavy (non-hydrogen) atoms. The van der Waals surface area contributed by atoms with Gasteiger partial charge in [-0.2, -0.15) is 0 Å². The molecule has 3 aromatic carbocycles. The lowest BCUT2D eigenvalue weighted by molar-refractivity contribution is -0.120. The molecule has 1 fully saturated rings. The van der Waals surface area contributed by atoms with Crippen molar-refractivity contribution in [3.8, 4) is 0 Å². The van der Waals surface area contributed by atoms with Crippen LogP contribution in [0.1, 0.15) is 26.3 Å². The number of carbonyl (C=O) groups excluding carboxylic acids is 2. The minimum absolute atomic E-state index is 0.101. The molecule has 0 saturated carbocycles. The molecule has 0 aliphatic carbocycles. The Morgan fingerprint density at radius 2 is 1.64 bits per heavy atom. The molecule has 9 heteroatoms. The lowest BCUT2D eigenvalue weighted by Crippen LogP contribution is -2.35. The smallest absolute Gasteiger partial charge is 0.335 e. The second-order valence-electron chi connectivity index (χ2n) is 6.83. The van der Waals surface area contributed by atoms with Gasteiger partial charge in [-0.3, -0.25) is 9.59 Å². The largest absolute Gasteiger partial charge is 0.478 e. The van der Waals surface area contributed by atoms with E-state index in [2.05, 4.69) is 4.99 Å². The number of rotatable bonds is 4. The number of amidine groups is 1. The van der Waals surface area contributed by atoms with Gasteiger partial charge in [-0.15, -0.1) is 0 Å². The van der Waals surface area contributed by atoms with Gasteiger partial charge in [0.25, 0.3) is 11.8 Å².